The van der Waals surface area contributed by atoms with E-state index in [0.717, 1.165) is 5.75 Å². The summed E-state index contributed by atoms with van der Waals surface area (Å²) in [7, 11) is 2.84. The van der Waals surface area contributed by atoms with Gasteiger partial charge in [0, 0.05) is 0 Å². The molecule has 1 aliphatic rings. The van der Waals surface area contributed by atoms with Crippen molar-refractivity contribution in [2.24, 2.45) is 4.99 Å². The highest BCUT2D eigenvalue weighted by molar-refractivity contribution is 8.18. The first-order valence-electron chi connectivity index (χ1n) is 8.52. The lowest BCUT2D eigenvalue weighted by molar-refractivity contribution is -0.142. The normalized spacial score (nSPS) is 15.9. The number of carbonyl (C=O) groups excluding carboxylic acids is 2. The van der Waals surface area contributed by atoms with Crippen molar-refractivity contribution in [2.75, 3.05) is 20.8 Å². The maximum absolute atomic E-state index is 12.3. The molecular weight excluding hydrogens is 451 g/mol. The summed E-state index contributed by atoms with van der Waals surface area (Å²) in [6, 6.07) is 10.3. The SMILES string of the molecule is COC(=O)COc1c(Cl)cc(/C=C2/SC(=Nc3ccc(OC)cc3)NC2=O)cc1Cl. The van der Waals surface area contributed by atoms with E-state index in [1.165, 1.54) is 18.9 Å². The zero-order chi connectivity index (χ0) is 21.7. The number of nitrogens with one attached hydrogen (secondary N) is 1. The molecule has 1 amide bonds. The number of thioether (sulfide) groups is 1. The smallest absolute Gasteiger partial charge is 0.343 e. The van der Waals surface area contributed by atoms with Gasteiger partial charge in [-0.2, -0.15) is 0 Å². The molecule has 0 aliphatic carbocycles. The summed E-state index contributed by atoms with van der Waals surface area (Å²) in [6.07, 6.45) is 1.64. The number of esters is 1. The Labute approximate surface area is 187 Å². The monoisotopic (exact) mass is 466 g/mol. The zero-order valence-electron chi connectivity index (χ0n) is 15.9. The van der Waals surface area contributed by atoms with Crippen LogP contribution in [0.4, 0.5) is 5.69 Å². The molecule has 2 aromatic rings. The number of nitrogens with zero attached hydrogens (tertiary/aromatic N) is 1. The third-order valence-electron chi connectivity index (χ3n) is 3.83. The summed E-state index contributed by atoms with van der Waals surface area (Å²) < 4.78 is 14.9. The van der Waals surface area contributed by atoms with Gasteiger partial charge in [0.25, 0.3) is 5.91 Å². The molecule has 3 rings (SSSR count). The van der Waals surface area contributed by atoms with Gasteiger partial charge in [-0.05, 0) is 59.8 Å². The van der Waals surface area contributed by atoms with Crippen LogP contribution in [-0.2, 0) is 14.3 Å². The minimum Gasteiger partial charge on any atom is -0.497 e. The van der Waals surface area contributed by atoms with E-state index in [0.29, 0.717) is 21.3 Å². The van der Waals surface area contributed by atoms with E-state index >= 15 is 0 Å². The average molecular weight is 467 g/mol. The minimum absolute atomic E-state index is 0.163. The van der Waals surface area contributed by atoms with Crippen LogP contribution in [0.1, 0.15) is 5.56 Å². The molecule has 0 unspecified atom stereocenters. The van der Waals surface area contributed by atoms with E-state index < -0.39 is 5.97 Å². The predicted molar refractivity (Wildman–Crippen MR) is 118 cm³/mol. The number of amidine groups is 1. The summed E-state index contributed by atoms with van der Waals surface area (Å²) in [5.74, 6) is 0.0353. The quantitative estimate of drug-likeness (QED) is 0.499. The Balaban J connectivity index is 1.77. The number of halogens is 2. The van der Waals surface area contributed by atoms with Gasteiger partial charge in [0.2, 0.25) is 0 Å². The highest BCUT2D eigenvalue weighted by Crippen LogP contribution is 2.36. The first kappa shape index (κ1) is 22.0. The Morgan fingerprint density at radius 2 is 1.83 bits per heavy atom. The molecule has 0 saturated carbocycles. The maximum atomic E-state index is 12.3. The fraction of sp³-hybridized carbons (Fsp3) is 0.150. The van der Waals surface area contributed by atoms with Crippen molar-refractivity contribution in [1.29, 1.82) is 0 Å². The molecular formula is C20H16Cl2N2O5S. The van der Waals surface area contributed by atoms with E-state index in [-0.39, 0.29) is 28.3 Å². The average Bonchev–Trinajstić information content (AvgIpc) is 3.06. The molecule has 1 N–H and O–H groups in total. The highest BCUT2D eigenvalue weighted by Gasteiger charge is 2.24. The number of hydrogen-bond donors (Lipinski definition) is 1. The van der Waals surface area contributed by atoms with Gasteiger partial charge < -0.3 is 19.5 Å². The van der Waals surface area contributed by atoms with Gasteiger partial charge in [-0.1, -0.05) is 23.2 Å². The lowest BCUT2D eigenvalue weighted by Gasteiger charge is -2.10. The molecule has 0 radical (unpaired) electrons. The van der Waals surface area contributed by atoms with E-state index in [1.807, 2.05) is 0 Å². The molecule has 2 aromatic carbocycles. The molecule has 0 atom stereocenters. The molecule has 1 fully saturated rings. The standard InChI is InChI=1S/C20H16Cl2N2O5S/c1-27-13-5-3-12(4-6-13)23-20-24-19(26)16(30-20)9-11-7-14(21)18(15(22)8-11)29-10-17(25)28-2/h3-9H,10H2,1-2H3,(H,23,24,26)/b16-9+. The van der Waals surface area contributed by atoms with Crippen molar-refractivity contribution in [2.45, 2.75) is 0 Å². The molecule has 1 aliphatic heterocycles. The van der Waals surface area contributed by atoms with Crippen LogP contribution in [0.15, 0.2) is 46.3 Å². The second kappa shape index (κ2) is 9.88. The van der Waals surface area contributed by atoms with Crippen LogP contribution in [0.2, 0.25) is 10.0 Å². The van der Waals surface area contributed by atoms with Crippen molar-refractivity contribution in [3.63, 3.8) is 0 Å². The molecule has 10 heteroatoms. The lowest BCUT2D eigenvalue weighted by Crippen LogP contribution is -2.19. The third-order valence-corrected chi connectivity index (χ3v) is 5.31. The molecule has 0 bridgehead atoms. The van der Waals surface area contributed by atoms with Crippen molar-refractivity contribution in [3.05, 3.63) is 56.9 Å². The summed E-state index contributed by atoms with van der Waals surface area (Å²) in [5.41, 5.74) is 1.27. The van der Waals surface area contributed by atoms with Gasteiger partial charge >= 0.3 is 5.97 Å². The molecule has 1 saturated heterocycles. The minimum atomic E-state index is -0.559. The van der Waals surface area contributed by atoms with Crippen LogP contribution >= 0.6 is 35.0 Å². The number of ether oxygens (including phenoxy) is 3. The van der Waals surface area contributed by atoms with Gasteiger partial charge in [-0.15, -0.1) is 0 Å². The first-order valence-corrected chi connectivity index (χ1v) is 10.1. The summed E-state index contributed by atoms with van der Waals surface area (Å²) in [4.78, 5) is 28.3. The van der Waals surface area contributed by atoms with Crippen LogP contribution in [-0.4, -0.2) is 37.9 Å². The van der Waals surface area contributed by atoms with Crippen LogP contribution in [0.3, 0.4) is 0 Å². The fourth-order valence-corrected chi connectivity index (χ4v) is 3.85. The molecule has 0 aromatic heterocycles. The van der Waals surface area contributed by atoms with E-state index in [1.54, 1.807) is 49.6 Å². The van der Waals surface area contributed by atoms with Crippen molar-refractivity contribution >= 4 is 63.8 Å². The highest BCUT2D eigenvalue weighted by atomic mass is 35.5. The Morgan fingerprint density at radius 1 is 1.17 bits per heavy atom. The van der Waals surface area contributed by atoms with Crippen molar-refractivity contribution in [3.8, 4) is 11.5 Å². The zero-order valence-corrected chi connectivity index (χ0v) is 18.2. The van der Waals surface area contributed by atoms with Crippen LogP contribution in [0, 0.1) is 0 Å². The van der Waals surface area contributed by atoms with Crippen molar-refractivity contribution < 1.29 is 23.8 Å². The maximum Gasteiger partial charge on any atom is 0.343 e. The number of aliphatic imine (C=N–C) groups is 1. The first-order chi connectivity index (χ1) is 14.4. The molecule has 30 heavy (non-hydrogen) atoms. The van der Waals surface area contributed by atoms with Gasteiger partial charge in [0.1, 0.15) is 5.75 Å². The lowest BCUT2D eigenvalue weighted by atomic mass is 10.2. The third kappa shape index (κ3) is 5.47. The Kier molecular flexibility index (Phi) is 7.25. The van der Waals surface area contributed by atoms with Crippen LogP contribution < -0.4 is 14.8 Å². The number of rotatable bonds is 6. The van der Waals surface area contributed by atoms with Gasteiger partial charge in [-0.3, -0.25) is 4.79 Å². The Hall–Kier alpha value is -2.68. The number of methoxy groups -OCH3 is 2. The number of amides is 1. The van der Waals surface area contributed by atoms with Gasteiger partial charge in [0.05, 0.1) is 34.9 Å². The predicted octanol–water partition coefficient (Wildman–Crippen LogP) is 4.45. The number of benzene rings is 2. The van der Waals surface area contributed by atoms with Crippen molar-refractivity contribution in [1.82, 2.24) is 5.32 Å². The summed E-state index contributed by atoms with van der Waals surface area (Å²) >= 11 is 13.6. The van der Waals surface area contributed by atoms with Crippen LogP contribution in [0.25, 0.3) is 6.08 Å². The van der Waals surface area contributed by atoms with Gasteiger partial charge in [-0.25, -0.2) is 9.79 Å². The van der Waals surface area contributed by atoms with Gasteiger partial charge in [0.15, 0.2) is 17.5 Å². The molecule has 156 valence electrons. The van der Waals surface area contributed by atoms with Crippen LogP contribution in [0.5, 0.6) is 11.5 Å². The topological polar surface area (TPSA) is 86.2 Å². The fourth-order valence-electron chi connectivity index (χ4n) is 2.40. The van der Waals surface area contributed by atoms with E-state index in [4.69, 9.17) is 32.7 Å². The molecule has 7 nitrogen and oxygen atoms in total. The van der Waals surface area contributed by atoms with E-state index in [9.17, 15) is 9.59 Å². The van der Waals surface area contributed by atoms with E-state index in [2.05, 4.69) is 15.0 Å². The second-order valence-corrected chi connectivity index (χ2v) is 7.70. The largest absolute Gasteiger partial charge is 0.497 e. The number of carbonyl (C=O) groups is 2. The second-order valence-electron chi connectivity index (χ2n) is 5.86. The number of hydrogen-bond acceptors (Lipinski definition) is 7. The Bertz CT molecular complexity index is 1010. The summed E-state index contributed by atoms with van der Waals surface area (Å²) in [5, 5.41) is 3.57. The Morgan fingerprint density at radius 3 is 2.43 bits per heavy atom. The molecule has 0 spiro atoms. The summed E-state index contributed by atoms with van der Waals surface area (Å²) in [6.45, 7) is -0.320. The molecule has 1 heterocycles.